The number of nitrogens with two attached hydrogens (primary N) is 1. The maximum Gasteiger partial charge on any atom is 0.272 e. The van der Waals surface area contributed by atoms with E-state index in [4.69, 9.17) is 10.6 Å². The molecular weight excluding hydrogens is 232 g/mol. The molecule has 2 heterocycles. The molecule has 6 heteroatoms. The zero-order valence-corrected chi connectivity index (χ0v) is 10.4. The van der Waals surface area contributed by atoms with Crippen LogP contribution in [0.5, 0.6) is 0 Å². The Kier molecular flexibility index (Phi) is 4.11. The summed E-state index contributed by atoms with van der Waals surface area (Å²) in [7, 11) is 0. The minimum Gasteiger partial charge on any atom is -0.377 e. The summed E-state index contributed by atoms with van der Waals surface area (Å²) in [6, 6.07) is 5.30. The van der Waals surface area contributed by atoms with Gasteiger partial charge in [0.15, 0.2) is 0 Å². The predicted octanol–water partition coefficient (Wildman–Crippen LogP) is 0.618. The van der Waals surface area contributed by atoms with E-state index in [0.717, 1.165) is 6.42 Å². The first-order chi connectivity index (χ1) is 8.76. The van der Waals surface area contributed by atoms with Crippen molar-refractivity contribution in [1.29, 1.82) is 0 Å². The highest BCUT2D eigenvalue weighted by molar-refractivity contribution is 5.93. The molecule has 18 heavy (non-hydrogen) atoms. The van der Waals surface area contributed by atoms with Crippen LogP contribution in [0, 0.1) is 0 Å². The molecule has 0 bridgehead atoms. The molecule has 1 aromatic heterocycles. The average molecular weight is 250 g/mol. The van der Waals surface area contributed by atoms with Gasteiger partial charge in [-0.1, -0.05) is 13.0 Å². The molecule has 98 valence electrons. The smallest absolute Gasteiger partial charge is 0.272 e. The Labute approximate surface area is 106 Å². The standard InChI is InChI=1S/C12H18N4O2/c1-2-9-8-18-7-6-16(9)12(17)10-4-3-5-11(14-10)15-13/h3-5,9H,2,6-8,13H2,1H3,(H,14,15). The van der Waals surface area contributed by atoms with Gasteiger partial charge in [-0.15, -0.1) is 0 Å². The summed E-state index contributed by atoms with van der Waals surface area (Å²) in [5.41, 5.74) is 2.85. The molecular formula is C12H18N4O2. The van der Waals surface area contributed by atoms with E-state index in [1.807, 2.05) is 11.8 Å². The van der Waals surface area contributed by atoms with E-state index in [9.17, 15) is 4.79 Å². The van der Waals surface area contributed by atoms with E-state index in [0.29, 0.717) is 31.3 Å². The topological polar surface area (TPSA) is 80.5 Å². The lowest BCUT2D eigenvalue weighted by atomic mass is 10.1. The number of carbonyl (C=O) groups excluding carboxylic acids is 1. The zero-order chi connectivity index (χ0) is 13.0. The average Bonchev–Trinajstić information content (AvgIpc) is 2.46. The molecule has 1 amide bonds. The van der Waals surface area contributed by atoms with E-state index >= 15 is 0 Å². The number of anilines is 1. The third-order valence-corrected chi connectivity index (χ3v) is 3.08. The normalized spacial score (nSPS) is 19.7. The Balaban J connectivity index is 2.18. The van der Waals surface area contributed by atoms with Crippen LogP contribution in [0.4, 0.5) is 5.82 Å². The fraction of sp³-hybridized carbons (Fsp3) is 0.500. The van der Waals surface area contributed by atoms with Crippen molar-refractivity contribution in [3.8, 4) is 0 Å². The summed E-state index contributed by atoms with van der Waals surface area (Å²) in [5.74, 6) is 5.71. The molecule has 3 N–H and O–H groups in total. The second kappa shape index (κ2) is 5.79. The zero-order valence-electron chi connectivity index (χ0n) is 10.4. The van der Waals surface area contributed by atoms with Crippen molar-refractivity contribution < 1.29 is 9.53 Å². The number of nitrogens with zero attached hydrogens (tertiary/aromatic N) is 2. The van der Waals surface area contributed by atoms with Crippen LogP contribution in [-0.4, -0.2) is 41.6 Å². The number of hydrogen-bond acceptors (Lipinski definition) is 5. The highest BCUT2D eigenvalue weighted by Gasteiger charge is 2.27. The minimum absolute atomic E-state index is 0.0674. The fourth-order valence-corrected chi connectivity index (χ4v) is 2.04. The van der Waals surface area contributed by atoms with Crippen molar-refractivity contribution in [2.75, 3.05) is 25.2 Å². The number of carbonyl (C=O) groups is 1. The van der Waals surface area contributed by atoms with Gasteiger partial charge in [-0.3, -0.25) is 4.79 Å². The number of nitrogens with one attached hydrogen (secondary N) is 1. The van der Waals surface area contributed by atoms with E-state index in [2.05, 4.69) is 10.4 Å². The van der Waals surface area contributed by atoms with Crippen LogP contribution in [0.1, 0.15) is 23.8 Å². The van der Waals surface area contributed by atoms with Gasteiger partial charge in [0.2, 0.25) is 0 Å². The molecule has 1 aliphatic heterocycles. The number of aromatic nitrogens is 1. The number of rotatable bonds is 3. The summed E-state index contributed by atoms with van der Waals surface area (Å²) in [6.45, 7) is 3.83. The Hall–Kier alpha value is -1.66. The van der Waals surface area contributed by atoms with Crippen LogP contribution in [0.15, 0.2) is 18.2 Å². The van der Waals surface area contributed by atoms with Gasteiger partial charge in [0.1, 0.15) is 11.5 Å². The minimum atomic E-state index is -0.0674. The summed E-state index contributed by atoms with van der Waals surface area (Å²) < 4.78 is 5.39. The summed E-state index contributed by atoms with van der Waals surface area (Å²) >= 11 is 0. The molecule has 1 unspecified atom stereocenters. The number of nitrogen functional groups attached to an aromatic ring is 1. The Bertz CT molecular complexity index is 424. The molecule has 1 saturated heterocycles. The van der Waals surface area contributed by atoms with Crippen LogP contribution in [0.25, 0.3) is 0 Å². The summed E-state index contributed by atoms with van der Waals surface area (Å²) in [4.78, 5) is 18.4. The number of ether oxygens (including phenoxy) is 1. The van der Waals surface area contributed by atoms with Crippen LogP contribution < -0.4 is 11.3 Å². The van der Waals surface area contributed by atoms with Crippen molar-refractivity contribution in [3.05, 3.63) is 23.9 Å². The molecule has 1 aromatic rings. The quantitative estimate of drug-likeness (QED) is 0.607. The lowest BCUT2D eigenvalue weighted by molar-refractivity contribution is -0.00309. The molecule has 0 radical (unpaired) electrons. The van der Waals surface area contributed by atoms with Gasteiger partial charge in [0.05, 0.1) is 19.3 Å². The van der Waals surface area contributed by atoms with Crippen LogP contribution >= 0.6 is 0 Å². The van der Waals surface area contributed by atoms with Crippen molar-refractivity contribution in [3.63, 3.8) is 0 Å². The molecule has 6 nitrogen and oxygen atoms in total. The van der Waals surface area contributed by atoms with Gasteiger partial charge in [0.25, 0.3) is 5.91 Å². The Morgan fingerprint density at radius 1 is 1.67 bits per heavy atom. The van der Waals surface area contributed by atoms with Gasteiger partial charge in [-0.05, 0) is 18.6 Å². The molecule has 0 aliphatic carbocycles. The van der Waals surface area contributed by atoms with Gasteiger partial charge >= 0.3 is 0 Å². The monoisotopic (exact) mass is 250 g/mol. The maximum absolute atomic E-state index is 12.4. The van der Waals surface area contributed by atoms with Crippen molar-refractivity contribution in [1.82, 2.24) is 9.88 Å². The van der Waals surface area contributed by atoms with E-state index in [1.54, 1.807) is 18.2 Å². The lowest BCUT2D eigenvalue weighted by Gasteiger charge is -2.34. The maximum atomic E-state index is 12.4. The lowest BCUT2D eigenvalue weighted by Crippen LogP contribution is -2.48. The Morgan fingerprint density at radius 2 is 2.50 bits per heavy atom. The molecule has 1 fully saturated rings. The molecule has 1 atom stereocenters. The molecule has 0 saturated carbocycles. The third kappa shape index (κ3) is 2.60. The van der Waals surface area contributed by atoms with E-state index in [-0.39, 0.29) is 11.9 Å². The fourth-order valence-electron chi connectivity index (χ4n) is 2.04. The number of amides is 1. The summed E-state index contributed by atoms with van der Waals surface area (Å²) in [5, 5.41) is 0. The van der Waals surface area contributed by atoms with E-state index in [1.165, 1.54) is 0 Å². The second-order valence-electron chi connectivity index (χ2n) is 4.19. The van der Waals surface area contributed by atoms with Gasteiger partial charge in [-0.2, -0.15) is 0 Å². The van der Waals surface area contributed by atoms with Crippen LogP contribution in [0.3, 0.4) is 0 Å². The van der Waals surface area contributed by atoms with Crippen molar-refractivity contribution in [2.24, 2.45) is 5.84 Å². The second-order valence-corrected chi connectivity index (χ2v) is 4.19. The van der Waals surface area contributed by atoms with Gasteiger partial charge < -0.3 is 15.1 Å². The summed E-state index contributed by atoms with van der Waals surface area (Å²) in [6.07, 6.45) is 0.876. The largest absolute Gasteiger partial charge is 0.377 e. The number of pyridine rings is 1. The Morgan fingerprint density at radius 3 is 3.22 bits per heavy atom. The third-order valence-electron chi connectivity index (χ3n) is 3.08. The van der Waals surface area contributed by atoms with Gasteiger partial charge in [-0.25, -0.2) is 10.8 Å². The predicted molar refractivity (Wildman–Crippen MR) is 68.0 cm³/mol. The number of morpholine rings is 1. The molecule has 2 rings (SSSR count). The first-order valence-electron chi connectivity index (χ1n) is 6.08. The molecule has 0 spiro atoms. The van der Waals surface area contributed by atoms with E-state index < -0.39 is 0 Å². The number of hydrazine groups is 1. The van der Waals surface area contributed by atoms with Crippen LogP contribution in [-0.2, 0) is 4.74 Å². The highest BCUT2D eigenvalue weighted by Crippen LogP contribution is 2.14. The molecule has 1 aliphatic rings. The van der Waals surface area contributed by atoms with Gasteiger partial charge in [0, 0.05) is 6.54 Å². The van der Waals surface area contributed by atoms with Crippen LogP contribution in [0.2, 0.25) is 0 Å². The first kappa shape index (κ1) is 12.8. The molecule has 0 aromatic carbocycles. The number of hydrogen-bond donors (Lipinski definition) is 2. The van der Waals surface area contributed by atoms with Crippen molar-refractivity contribution >= 4 is 11.7 Å². The highest BCUT2D eigenvalue weighted by atomic mass is 16.5. The van der Waals surface area contributed by atoms with Crippen molar-refractivity contribution in [2.45, 2.75) is 19.4 Å². The first-order valence-corrected chi connectivity index (χ1v) is 6.08. The SMILES string of the molecule is CCC1COCCN1C(=O)c1cccc(NN)n1.